The van der Waals surface area contributed by atoms with E-state index in [0.29, 0.717) is 24.9 Å². The summed E-state index contributed by atoms with van der Waals surface area (Å²) in [4.78, 5) is 37.5. The Balaban J connectivity index is 2.03. The molecule has 0 bridgehead atoms. The first-order valence-corrected chi connectivity index (χ1v) is 8.65. The molecule has 136 valence electrons. The highest BCUT2D eigenvalue weighted by molar-refractivity contribution is 5.98. The Morgan fingerprint density at radius 1 is 1.16 bits per heavy atom. The smallest absolute Gasteiger partial charge is 0.329 e. The van der Waals surface area contributed by atoms with Crippen LogP contribution < -0.4 is 5.32 Å². The van der Waals surface area contributed by atoms with E-state index in [2.05, 4.69) is 5.32 Å². The van der Waals surface area contributed by atoms with Gasteiger partial charge in [0.05, 0.1) is 0 Å². The van der Waals surface area contributed by atoms with E-state index in [4.69, 9.17) is 0 Å². The lowest BCUT2D eigenvalue weighted by molar-refractivity contribution is -0.144. The van der Waals surface area contributed by atoms with Gasteiger partial charge in [0.25, 0.3) is 5.91 Å². The summed E-state index contributed by atoms with van der Waals surface area (Å²) in [5.74, 6) is -1.34. The molecule has 0 aromatic heterocycles. The van der Waals surface area contributed by atoms with Crippen LogP contribution in [0.4, 0.5) is 0 Å². The van der Waals surface area contributed by atoms with Crippen molar-refractivity contribution < 1.29 is 19.5 Å². The maximum atomic E-state index is 12.4. The normalized spacial score (nSPS) is 15.8. The van der Waals surface area contributed by atoms with E-state index < -0.39 is 11.5 Å². The Bertz CT molecular complexity index is 646. The number of carbonyl (C=O) groups is 3. The van der Waals surface area contributed by atoms with Gasteiger partial charge in [-0.25, -0.2) is 4.79 Å². The lowest BCUT2D eigenvalue weighted by Gasteiger charge is -2.25. The quantitative estimate of drug-likeness (QED) is 0.828. The molecule has 0 unspecified atom stereocenters. The number of rotatable bonds is 6. The summed E-state index contributed by atoms with van der Waals surface area (Å²) in [6.07, 6.45) is 2.55. The molecule has 2 N–H and O–H groups in total. The van der Waals surface area contributed by atoms with Crippen molar-refractivity contribution in [3.63, 3.8) is 0 Å². The van der Waals surface area contributed by atoms with Gasteiger partial charge in [-0.2, -0.15) is 0 Å². The molecule has 0 atom stereocenters. The van der Waals surface area contributed by atoms with Crippen LogP contribution in [0.3, 0.4) is 0 Å². The van der Waals surface area contributed by atoms with Crippen molar-refractivity contribution in [1.29, 1.82) is 0 Å². The summed E-state index contributed by atoms with van der Waals surface area (Å²) in [7, 11) is 1.75. The maximum Gasteiger partial charge on any atom is 0.329 e. The van der Waals surface area contributed by atoms with Crippen LogP contribution in [-0.4, -0.2) is 40.4 Å². The number of hydrogen-bond acceptors (Lipinski definition) is 3. The third kappa shape index (κ3) is 4.38. The third-order valence-corrected chi connectivity index (χ3v) is 4.73. The highest BCUT2D eigenvalue weighted by atomic mass is 16.4. The second-order valence-corrected chi connectivity index (χ2v) is 7.09. The highest BCUT2D eigenvalue weighted by Crippen LogP contribution is 2.30. The second-order valence-electron chi connectivity index (χ2n) is 7.09. The van der Waals surface area contributed by atoms with Gasteiger partial charge in [0.1, 0.15) is 5.54 Å². The van der Waals surface area contributed by atoms with Gasteiger partial charge in [0.2, 0.25) is 5.91 Å². The number of carbonyl (C=O) groups excluding carboxylic acids is 2. The Morgan fingerprint density at radius 2 is 1.72 bits per heavy atom. The van der Waals surface area contributed by atoms with Crippen molar-refractivity contribution >= 4 is 17.8 Å². The van der Waals surface area contributed by atoms with Crippen molar-refractivity contribution in [2.75, 3.05) is 7.05 Å². The number of aliphatic carboxylic acids is 1. The van der Waals surface area contributed by atoms with Gasteiger partial charge in [-0.05, 0) is 30.5 Å². The zero-order valence-corrected chi connectivity index (χ0v) is 15.0. The molecule has 2 amide bonds. The fourth-order valence-corrected chi connectivity index (χ4v) is 3.21. The summed E-state index contributed by atoms with van der Waals surface area (Å²) in [6.45, 7) is 4.18. The van der Waals surface area contributed by atoms with Crippen LogP contribution in [0.15, 0.2) is 24.3 Å². The minimum Gasteiger partial charge on any atom is -0.480 e. The first-order valence-electron chi connectivity index (χ1n) is 8.65. The Morgan fingerprint density at radius 3 is 2.20 bits per heavy atom. The summed E-state index contributed by atoms with van der Waals surface area (Å²) < 4.78 is 0. The van der Waals surface area contributed by atoms with Gasteiger partial charge in [0.15, 0.2) is 0 Å². The predicted octanol–water partition coefficient (Wildman–Crippen LogP) is 2.43. The molecule has 2 rings (SSSR count). The summed E-state index contributed by atoms with van der Waals surface area (Å²) in [6, 6.07) is 6.92. The van der Waals surface area contributed by atoms with Gasteiger partial charge < -0.3 is 15.3 Å². The van der Waals surface area contributed by atoms with Crippen molar-refractivity contribution in [3.05, 3.63) is 35.4 Å². The Hall–Kier alpha value is -2.37. The summed E-state index contributed by atoms with van der Waals surface area (Å²) in [5, 5.41) is 12.1. The topological polar surface area (TPSA) is 86.7 Å². The van der Waals surface area contributed by atoms with Crippen LogP contribution in [0.25, 0.3) is 0 Å². The molecule has 1 aromatic rings. The molecule has 25 heavy (non-hydrogen) atoms. The highest BCUT2D eigenvalue weighted by Gasteiger charge is 2.42. The molecule has 0 radical (unpaired) electrons. The number of benzene rings is 1. The van der Waals surface area contributed by atoms with Crippen molar-refractivity contribution in [1.82, 2.24) is 10.2 Å². The first kappa shape index (κ1) is 19.0. The largest absolute Gasteiger partial charge is 0.480 e. The number of carboxylic acid groups (broad SMARTS) is 1. The maximum absolute atomic E-state index is 12.4. The van der Waals surface area contributed by atoms with Crippen LogP contribution in [0.1, 0.15) is 55.5 Å². The van der Waals surface area contributed by atoms with Crippen LogP contribution in [0.5, 0.6) is 0 Å². The molecule has 1 aliphatic carbocycles. The Labute approximate surface area is 148 Å². The Kier molecular flexibility index (Phi) is 5.82. The number of nitrogens with zero attached hydrogens (tertiary/aromatic N) is 1. The number of amides is 2. The first-order chi connectivity index (χ1) is 11.7. The summed E-state index contributed by atoms with van der Waals surface area (Å²) >= 11 is 0. The average molecular weight is 346 g/mol. The van der Waals surface area contributed by atoms with E-state index in [-0.39, 0.29) is 17.7 Å². The zero-order chi connectivity index (χ0) is 18.6. The number of carboxylic acids is 1. The predicted molar refractivity (Wildman–Crippen MR) is 94.1 cm³/mol. The molecule has 6 nitrogen and oxygen atoms in total. The minimum absolute atomic E-state index is 0.0614. The second kappa shape index (κ2) is 7.68. The van der Waals surface area contributed by atoms with Crippen molar-refractivity contribution in [3.8, 4) is 0 Å². The van der Waals surface area contributed by atoms with Gasteiger partial charge in [0, 0.05) is 25.1 Å². The van der Waals surface area contributed by atoms with E-state index in [1.54, 1.807) is 36.2 Å². The van der Waals surface area contributed by atoms with E-state index in [1.165, 1.54) is 0 Å². The van der Waals surface area contributed by atoms with Crippen LogP contribution >= 0.6 is 0 Å². The van der Waals surface area contributed by atoms with Gasteiger partial charge in [-0.15, -0.1) is 0 Å². The molecule has 1 aliphatic rings. The minimum atomic E-state index is -1.14. The van der Waals surface area contributed by atoms with Crippen molar-refractivity contribution in [2.24, 2.45) is 5.92 Å². The van der Waals surface area contributed by atoms with Gasteiger partial charge in [-0.1, -0.05) is 38.8 Å². The van der Waals surface area contributed by atoms with E-state index in [0.717, 1.165) is 18.4 Å². The molecule has 0 heterocycles. The summed E-state index contributed by atoms with van der Waals surface area (Å²) in [5.41, 5.74) is 0.204. The lowest BCUT2D eigenvalue weighted by atomic mass is 9.97. The zero-order valence-electron chi connectivity index (χ0n) is 15.0. The molecular formula is C19H26N2O4. The molecule has 6 heteroatoms. The lowest BCUT2D eigenvalue weighted by Crippen LogP contribution is -2.52. The van der Waals surface area contributed by atoms with Gasteiger partial charge in [-0.3, -0.25) is 9.59 Å². The fourth-order valence-electron chi connectivity index (χ4n) is 3.21. The van der Waals surface area contributed by atoms with Crippen LogP contribution in [-0.2, 0) is 16.1 Å². The molecule has 1 saturated carbocycles. The van der Waals surface area contributed by atoms with E-state index in [9.17, 15) is 19.5 Å². The standard InChI is InChI=1S/C19H26N2O4/c1-13(2)17(23)21(3)12-14-6-8-15(9-7-14)16(22)20-19(18(24)25)10-4-5-11-19/h6-9,13H,4-5,10-12H2,1-3H3,(H,20,22)(H,24,25). The number of hydrogen-bond donors (Lipinski definition) is 2. The SMILES string of the molecule is CC(C)C(=O)N(C)Cc1ccc(C(=O)NC2(C(=O)O)CCCC2)cc1. The van der Waals surface area contributed by atoms with Crippen LogP contribution in [0.2, 0.25) is 0 Å². The average Bonchev–Trinajstić information content (AvgIpc) is 3.04. The van der Waals surface area contributed by atoms with Crippen molar-refractivity contribution in [2.45, 2.75) is 51.6 Å². The van der Waals surface area contributed by atoms with Gasteiger partial charge >= 0.3 is 5.97 Å². The monoisotopic (exact) mass is 346 g/mol. The molecule has 0 saturated heterocycles. The third-order valence-electron chi connectivity index (χ3n) is 4.73. The number of nitrogens with one attached hydrogen (secondary N) is 1. The molecule has 1 aromatic carbocycles. The van der Waals surface area contributed by atoms with E-state index >= 15 is 0 Å². The molecular weight excluding hydrogens is 320 g/mol. The molecule has 0 spiro atoms. The van der Waals surface area contributed by atoms with E-state index in [1.807, 2.05) is 13.8 Å². The molecule has 1 fully saturated rings. The van der Waals surface area contributed by atoms with Crippen LogP contribution in [0, 0.1) is 5.92 Å². The molecule has 0 aliphatic heterocycles. The fraction of sp³-hybridized carbons (Fsp3) is 0.526.